The van der Waals surface area contributed by atoms with Crippen LogP contribution < -0.4 is 0 Å². The molecule has 1 aliphatic rings. The Bertz CT molecular complexity index is 512. The molecule has 2 aromatic rings. The molecule has 0 spiro atoms. The molecule has 4 heteroatoms. The zero-order valence-corrected chi connectivity index (χ0v) is 12.4. The van der Waals surface area contributed by atoms with Crippen molar-refractivity contribution in [3.05, 3.63) is 54.4 Å². The minimum absolute atomic E-state index is 0.239. The largest absolute Gasteiger partial charge is 0.375 e. The zero-order chi connectivity index (χ0) is 14.3. The van der Waals surface area contributed by atoms with Crippen LogP contribution in [0.5, 0.6) is 0 Å². The second-order valence-corrected chi connectivity index (χ2v) is 5.61. The molecule has 1 atom stereocenters. The van der Waals surface area contributed by atoms with Gasteiger partial charge >= 0.3 is 0 Å². The molecule has 21 heavy (non-hydrogen) atoms. The SMILES string of the molecule is c1ccc(CCN2CCCO[C@@H](Cn3cccn3)C2)cc1. The lowest BCUT2D eigenvalue weighted by Gasteiger charge is -2.23. The van der Waals surface area contributed by atoms with E-state index in [1.165, 1.54) is 5.56 Å². The first-order chi connectivity index (χ1) is 10.4. The molecule has 112 valence electrons. The number of hydrogen-bond acceptors (Lipinski definition) is 3. The van der Waals surface area contributed by atoms with Gasteiger partial charge in [0.25, 0.3) is 0 Å². The minimum atomic E-state index is 0.239. The van der Waals surface area contributed by atoms with Gasteiger partial charge in [0.05, 0.1) is 12.6 Å². The Morgan fingerprint density at radius 3 is 2.90 bits per heavy atom. The second kappa shape index (κ2) is 7.38. The van der Waals surface area contributed by atoms with Crippen molar-refractivity contribution < 1.29 is 4.74 Å². The van der Waals surface area contributed by atoms with E-state index < -0.39 is 0 Å². The summed E-state index contributed by atoms with van der Waals surface area (Å²) in [6, 6.07) is 12.7. The van der Waals surface area contributed by atoms with Crippen LogP contribution in [0.4, 0.5) is 0 Å². The van der Waals surface area contributed by atoms with Gasteiger partial charge in [-0.1, -0.05) is 30.3 Å². The molecule has 3 rings (SSSR count). The van der Waals surface area contributed by atoms with E-state index in [0.29, 0.717) is 0 Å². The van der Waals surface area contributed by atoms with E-state index in [4.69, 9.17) is 4.74 Å². The summed E-state index contributed by atoms with van der Waals surface area (Å²) in [7, 11) is 0. The number of rotatable bonds is 5. The average molecular weight is 285 g/mol. The highest BCUT2D eigenvalue weighted by atomic mass is 16.5. The number of nitrogens with zero attached hydrogens (tertiary/aromatic N) is 3. The first-order valence-corrected chi connectivity index (χ1v) is 7.75. The van der Waals surface area contributed by atoms with Crippen LogP contribution in [0.25, 0.3) is 0 Å². The van der Waals surface area contributed by atoms with Gasteiger partial charge in [0.15, 0.2) is 0 Å². The van der Waals surface area contributed by atoms with Gasteiger partial charge in [-0.05, 0) is 24.5 Å². The molecule has 1 fully saturated rings. The molecule has 1 aliphatic heterocycles. The van der Waals surface area contributed by atoms with Crippen molar-refractivity contribution in [2.75, 3.05) is 26.2 Å². The third-order valence-corrected chi connectivity index (χ3v) is 3.94. The summed E-state index contributed by atoms with van der Waals surface area (Å²) in [4.78, 5) is 2.52. The summed E-state index contributed by atoms with van der Waals surface area (Å²) in [6.07, 6.45) is 6.29. The van der Waals surface area contributed by atoms with Gasteiger partial charge < -0.3 is 9.64 Å². The van der Waals surface area contributed by atoms with Crippen molar-refractivity contribution in [2.45, 2.75) is 25.5 Å². The third-order valence-electron chi connectivity index (χ3n) is 3.94. The van der Waals surface area contributed by atoms with Crippen LogP contribution in [0.1, 0.15) is 12.0 Å². The Hall–Kier alpha value is -1.65. The molecule has 0 radical (unpaired) electrons. The Kier molecular flexibility index (Phi) is 5.03. The normalized spacial score (nSPS) is 20.3. The highest BCUT2D eigenvalue weighted by Gasteiger charge is 2.19. The smallest absolute Gasteiger partial charge is 0.0897 e. The first-order valence-electron chi connectivity index (χ1n) is 7.75. The molecular formula is C17H23N3O. The van der Waals surface area contributed by atoms with E-state index in [2.05, 4.69) is 40.3 Å². The van der Waals surface area contributed by atoms with E-state index in [0.717, 1.165) is 45.6 Å². The molecule has 4 nitrogen and oxygen atoms in total. The lowest BCUT2D eigenvalue weighted by atomic mass is 10.1. The van der Waals surface area contributed by atoms with Gasteiger partial charge in [-0.15, -0.1) is 0 Å². The monoisotopic (exact) mass is 285 g/mol. The van der Waals surface area contributed by atoms with E-state index in [1.54, 1.807) is 0 Å². The quantitative estimate of drug-likeness (QED) is 0.844. The predicted octanol–water partition coefficient (Wildman–Crippen LogP) is 2.22. The third kappa shape index (κ3) is 4.41. The number of hydrogen-bond donors (Lipinski definition) is 0. The molecule has 0 saturated carbocycles. The van der Waals surface area contributed by atoms with E-state index in [9.17, 15) is 0 Å². The van der Waals surface area contributed by atoms with Gasteiger partial charge in [0.1, 0.15) is 0 Å². The van der Waals surface area contributed by atoms with E-state index in [1.807, 2.05) is 23.1 Å². The highest BCUT2D eigenvalue weighted by Crippen LogP contribution is 2.09. The van der Waals surface area contributed by atoms with Crippen LogP contribution in [0.2, 0.25) is 0 Å². The summed E-state index contributed by atoms with van der Waals surface area (Å²) >= 11 is 0. The first kappa shape index (κ1) is 14.3. The summed E-state index contributed by atoms with van der Waals surface area (Å²) in [6.45, 7) is 4.92. The van der Waals surface area contributed by atoms with Crippen molar-refractivity contribution >= 4 is 0 Å². The summed E-state index contributed by atoms with van der Waals surface area (Å²) in [5, 5.41) is 4.28. The van der Waals surface area contributed by atoms with Crippen molar-refractivity contribution in [2.24, 2.45) is 0 Å². The fourth-order valence-corrected chi connectivity index (χ4v) is 2.83. The number of aromatic nitrogens is 2. The lowest BCUT2D eigenvalue weighted by molar-refractivity contribution is 0.0402. The molecule has 0 unspecified atom stereocenters. The van der Waals surface area contributed by atoms with Crippen molar-refractivity contribution in [1.29, 1.82) is 0 Å². The van der Waals surface area contributed by atoms with Crippen LogP contribution in [0.15, 0.2) is 48.8 Å². The van der Waals surface area contributed by atoms with E-state index in [-0.39, 0.29) is 6.10 Å². The maximum Gasteiger partial charge on any atom is 0.0897 e. The Labute approximate surface area is 126 Å². The minimum Gasteiger partial charge on any atom is -0.375 e. The fourth-order valence-electron chi connectivity index (χ4n) is 2.83. The van der Waals surface area contributed by atoms with Gasteiger partial charge in [0, 0.05) is 38.6 Å². The molecule has 1 aromatic heterocycles. The van der Waals surface area contributed by atoms with Crippen LogP contribution in [-0.2, 0) is 17.7 Å². The van der Waals surface area contributed by atoms with Crippen LogP contribution >= 0.6 is 0 Å². The fraction of sp³-hybridized carbons (Fsp3) is 0.471. The number of benzene rings is 1. The molecule has 0 bridgehead atoms. The molecule has 0 aliphatic carbocycles. The molecule has 2 heterocycles. The Morgan fingerprint density at radius 1 is 1.19 bits per heavy atom. The van der Waals surface area contributed by atoms with Crippen molar-refractivity contribution in [1.82, 2.24) is 14.7 Å². The van der Waals surface area contributed by atoms with E-state index >= 15 is 0 Å². The van der Waals surface area contributed by atoms with Crippen LogP contribution in [0, 0.1) is 0 Å². The highest BCUT2D eigenvalue weighted by molar-refractivity contribution is 5.14. The molecule has 0 N–H and O–H groups in total. The summed E-state index contributed by atoms with van der Waals surface area (Å²) in [5.74, 6) is 0. The van der Waals surface area contributed by atoms with Crippen LogP contribution in [0.3, 0.4) is 0 Å². The zero-order valence-electron chi connectivity index (χ0n) is 12.4. The molecule has 0 amide bonds. The van der Waals surface area contributed by atoms with Gasteiger partial charge in [0.2, 0.25) is 0 Å². The molecule has 1 saturated heterocycles. The van der Waals surface area contributed by atoms with Gasteiger partial charge in [-0.3, -0.25) is 4.68 Å². The van der Waals surface area contributed by atoms with Crippen molar-refractivity contribution in [3.8, 4) is 0 Å². The van der Waals surface area contributed by atoms with Crippen molar-refractivity contribution in [3.63, 3.8) is 0 Å². The summed E-state index contributed by atoms with van der Waals surface area (Å²) in [5.41, 5.74) is 1.41. The standard InChI is InChI=1S/C17H23N3O/c1-2-6-16(7-3-1)8-12-19-10-5-13-21-17(14-19)15-20-11-4-9-18-20/h1-4,6-7,9,11,17H,5,8,10,12-15H2/t17-/m1/s1. The predicted molar refractivity (Wildman–Crippen MR) is 83.2 cm³/mol. The Balaban J connectivity index is 1.52. The maximum atomic E-state index is 5.96. The number of ether oxygens (including phenoxy) is 1. The maximum absolute atomic E-state index is 5.96. The second-order valence-electron chi connectivity index (χ2n) is 5.61. The van der Waals surface area contributed by atoms with Gasteiger partial charge in [-0.2, -0.15) is 5.10 Å². The lowest BCUT2D eigenvalue weighted by Crippen LogP contribution is -2.35. The van der Waals surface area contributed by atoms with Gasteiger partial charge in [-0.25, -0.2) is 0 Å². The summed E-state index contributed by atoms with van der Waals surface area (Å²) < 4.78 is 7.92. The average Bonchev–Trinajstić information content (AvgIpc) is 2.92. The topological polar surface area (TPSA) is 30.3 Å². The molecular weight excluding hydrogens is 262 g/mol. The Morgan fingerprint density at radius 2 is 2.10 bits per heavy atom. The molecule has 1 aromatic carbocycles. The van der Waals surface area contributed by atoms with Crippen LogP contribution in [-0.4, -0.2) is 47.0 Å².